The molecule has 1 rings (SSSR count). The van der Waals surface area contributed by atoms with E-state index in [4.69, 9.17) is 4.74 Å². The van der Waals surface area contributed by atoms with Crippen molar-refractivity contribution in [3.63, 3.8) is 0 Å². The number of carbonyl (C=O) groups is 1. The zero-order chi connectivity index (χ0) is 15.5. The third-order valence-corrected chi connectivity index (χ3v) is 3.13. The molecule has 1 aliphatic heterocycles. The van der Waals surface area contributed by atoms with Crippen molar-refractivity contribution >= 4 is 6.09 Å². The van der Waals surface area contributed by atoms with E-state index in [1.807, 2.05) is 0 Å². The number of nitrogens with zero attached hydrogens (tertiary/aromatic N) is 1. The van der Waals surface area contributed by atoms with Crippen LogP contribution in [-0.2, 0) is 4.74 Å². The van der Waals surface area contributed by atoms with E-state index in [2.05, 4.69) is 0 Å². The molecule has 0 N–H and O–H groups in total. The van der Waals surface area contributed by atoms with Crippen molar-refractivity contribution in [3.05, 3.63) is 23.3 Å². The number of allylic oxidation sites excluding steroid dienone is 3. The van der Waals surface area contributed by atoms with Crippen molar-refractivity contribution < 1.29 is 18.3 Å². The highest BCUT2D eigenvalue weighted by atomic mass is 19.1. The Kier molecular flexibility index (Phi) is 5.31. The van der Waals surface area contributed by atoms with E-state index in [0.717, 1.165) is 0 Å². The summed E-state index contributed by atoms with van der Waals surface area (Å²) < 4.78 is 32.5. The van der Waals surface area contributed by atoms with Gasteiger partial charge >= 0.3 is 6.09 Å². The number of rotatable bonds is 2. The lowest BCUT2D eigenvalue weighted by atomic mass is 9.96. The second-order valence-electron chi connectivity index (χ2n) is 6.00. The largest absolute Gasteiger partial charge is 0.444 e. The van der Waals surface area contributed by atoms with Crippen LogP contribution in [0.2, 0.25) is 0 Å². The van der Waals surface area contributed by atoms with E-state index in [-0.39, 0.29) is 18.0 Å². The Bertz CT molecular complexity index is 432. The third-order valence-electron chi connectivity index (χ3n) is 3.13. The number of amides is 1. The Morgan fingerprint density at radius 1 is 1.35 bits per heavy atom. The van der Waals surface area contributed by atoms with E-state index in [1.165, 1.54) is 24.8 Å². The van der Waals surface area contributed by atoms with Gasteiger partial charge in [-0.05, 0) is 41.0 Å². The summed E-state index contributed by atoms with van der Waals surface area (Å²) in [6.07, 6.45) is 1.35. The maximum atomic E-state index is 13.7. The molecule has 0 spiro atoms. The molecule has 0 aromatic heterocycles. The van der Waals surface area contributed by atoms with Crippen LogP contribution in [0.4, 0.5) is 13.6 Å². The van der Waals surface area contributed by atoms with Crippen LogP contribution in [0.3, 0.4) is 0 Å². The Morgan fingerprint density at radius 3 is 2.40 bits per heavy atom. The first-order chi connectivity index (χ1) is 9.15. The fraction of sp³-hybridized carbons (Fsp3) is 0.667. The van der Waals surface area contributed by atoms with Crippen LogP contribution in [0.5, 0.6) is 0 Å². The van der Waals surface area contributed by atoms with Crippen LogP contribution < -0.4 is 0 Å². The monoisotopic (exact) mass is 287 g/mol. The lowest BCUT2D eigenvalue weighted by molar-refractivity contribution is 0.0290. The maximum Gasteiger partial charge on any atom is 0.410 e. The number of hydrogen-bond acceptors (Lipinski definition) is 2. The third kappa shape index (κ3) is 4.32. The predicted molar refractivity (Wildman–Crippen MR) is 74.6 cm³/mol. The lowest BCUT2D eigenvalue weighted by Gasteiger charge is -2.24. The first kappa shape index (κ1) is 16.7. The van der Waals surface area contributed by atoms with Gasteiger partial charge in [-0.15, -0.1) is 0 Å². The molecule has 0 saturated carbocycles. The van der Waals surface area contributed by atoms with Gasteiger partial charge in [0.1, 0.15) is 17.3 Å². The average molecular weight is 287 g/mol. The van der Waals surface area contributed by atoms with E-state index in [0.29, 0.717) is 13.0 Å². The van der Waals surface area contributed by atoms with Gasteiger partial charge in [0.25, 0.3) is 0 Å². The smallest absolute Gasteiger partial charge is 0.410 e. The Labute approximate surface area is 119 Å². The first-order valence-corrected chi connectivity index (χ1v) is 6.82. The highest BCUT2D eigenvalue weighted by Gasteiger charge is 2.33. The summed E-state index contributed by atoms with van der Waals surface area (Å²) in [5, 5.41) is 0. The van der Waals surface area contributed by atoms with Crippen molar-refractivity contribution in [3.8, 4) is 0 Å². The van der Waals surface area contributed by atoms with E-state index < -0.39 is 23.3 Å². The number of ether oxygens (including phenoxy) is 1. The van der Waals surface area contributed by atoms with Gasteiger partial charge in [0.2, 0.25) is 0 Å². The molecule has 1 unspecified atom stereocenters. The van der Waals surface area contributed by atoms with Gasteiger partial charge in [0, 0.05) is 24.6 Å². The van der Waals surface area contributed by atoms with Crippen LogP contribution in [0.15, 0.2) is 23.3 Å². The molecule has 114 valence electrons. The van der Waals surface area contributed by atoms with Crippen molar-refractivity contribution in [2.45, 2.75) is 46.6 Å². The SMILES string of the molecule is C/C=C(F)\C(=C(/C)F)C1CCN(C(=O)OC(C)(C)C)C1. The highest BCUT2D eigenvalue weighted by Crippen LogP contribution is 2.32. The molecule has 3 nitrogen and oxygen atoms in total. The Morgan fingerprint density at radius 2 is 1.95 bits per heavy atom. The van der Waals surface area contributed by atoms with Gasteiger partial charge in [-0.25, -0.2) is 13.6 Å². The molecule has 1 heterocycles. The van der Waals surface area contributed by atoms with Crippen LogP contribution in [0.25, 0.3) is 0 Å². The summed E-state index contributed by atoms with van der Waals surface area (Å²) in [5.41, 5.74) is -0.503. The molecule has 0 aromatic carbocycles. The summed E-state index contributed by atoms with van der Waals surface area (Å²) in [6, 6.07) is 0. The number of carbonyl (C=O) groups excluding carboxylic acids is 1. The molecule has 1 saturated heterocycles. The van der Waals surface area contributed by atoms with Gasteiger partial charge < -0.3 is 9.64 Å². The molecule has 0 aliphatic carbocycles. The highest BCUT2D eigenvalue weighted by molar-refractivity contribution is 5.68. The maximum absolute atomic E-state index is 13.7. The summed E-state index contributed by atoms with van der Waals surface area (Å²) in [5.74, 6) is -1.40. The second kappa shape index (κ2) is 6.37. The molecule has 1 fully saturated rings. The van der Waals surface area contributed by atoms with Gasteiger partial charge in [0.05, 0.1) is 0 Å². The van der Waals surface area contributed by atoms with Crippen LogP contribution in [0.1, 0.15) is 41.0 Å². The molecule has 1 amide bonds. The molecule has 0 bridgehead atoms. The number of hydrogen-bond donors (Lipinski definition) is 0. The van der Waals surface area contributed by atoms with Crippen molar-refractivity contribution in [2.75, 3.05) is 13.1 Å². The molecule has 0 radical (unpaired) electrons. The Balaban J connectivity index is 2.77. The predicted octanol–water partition coefficient (Wildman–Crippen LogP) is 4.36. The summed E-state index contributed by atoms with van der Waals surface area (Å²) >= 11 is 0. The van der Waals surface area contributed by atoms with Gasteiger partial charge in [-0.1, -0.05) is 6.08 Å². The molecule has 5 heteroatoms. The van der Waals surface area contributed by atoms with Gasteiger partial charge in [-0.2, -0.15) is 0 Å². The topological polar surface area (TPSA) is 29.5 Å². The molecule has 20 heavy (non-hydrogen) atoms. The summed E-state index contributed by atoms with van der Waals surface area (Å²) in [4.78, 5) is 13.4. The minimum absolute atomic E-state index is 0.0681. The first-order valence-electron chi connectivity index (χ1n) is 6.82. The lowest BCUT2D eigenvalue weighted by Crippen LogP contribution is -2.35. The van der Waals surface area contributed by atoms with Crippen LogP contribution in [-0.4, -0.2) is 29.7 Å². The van der Waals surface area contributed by atoms with Crippen molar-refractivity contribution in [1.82, 2.24) is 4.90 Å². The second-order valence-corrected chi connectivity index (χ2v) is 6.00. The van der Waals surface area contributed by atoms with E-state index in [9.17, 15) is 13.6 Å². The van der Waals surface area contributed by atoms with Crippen LogP contribution >= 0.6 is 0 Å². The fourth-order valence-corrected chi connectivity index (χ4v) is 2.28. The van der Waals surface area contributed by atoms with E-state index >= 15 is 0 Å². The van der Waals surface area contributed by atoms with Crippen molar-refractivity contribution in [2.24, 2.45) is 5.92 Å². The van der Waals surface area contributed by atoms with Gasteiger partial charge in [-0.3, -0.25) is 0 Å². The standard InChI is InChI=1S/C15H23F2NO2/c1-6-12(17)13(10(2)16)11-7-8-18(9-11)14(19)20-15(3,4)5/h6,11H,7-9H2,1-5H3/b12-6+,13-10+. The van der Waals surface area contributed by atoms with Gasteiger partial charge in [0.15, 0.2) is 0 Å². The molecular formula is C15H23F2NO2. The molecule has 1 atom stereocenters. The quantitative estimate of drug-likeness (QED) is 0.706. The molecule has 0 aromatic rings. The number of likely N-dealkylation sites (tertiary alicyclic amines) is 1. The van der Waals surface area contributed by atoms with Crippen molar-refractivity contribution in [1.29, 1.82) is 0 Å². The zero-order valence-corrected chi connectivity index (χ0v) is 12.8. The number of halogens is 2. The fourth-order valence-electron chi connectivity index (χ4n) is 2.28. The minimum atomic E-state index is -0.571. The molecule has 1 aliphatic rings. The van der Waals surface area contributed by atoms with E-state index in [1.54, 1.807) is 20.8 Å². The minimum Gasteiger partial charge on any atom is -0.444 e. The average Bonchev–Trinajstić information content (AvgIpc) is 2.75. The zero-order valence-electron chi connectivity index (χ0n) is 12.8. The summed E-state index contributed by atoms with van der Waals surface area (Å²) in [6.45, 7) is 8.87. The molecular weight excluding hydrogens is 264 g/mol. The Hall–Kier alpha value is -1.39. The van der Waals surface area contributed by atoms with Crippen LogP contribution in [0, 0.1) is 5.92 Å². The summed E-state index contributed by atoms with van der Waals surface area (Å²) in [7, 11) is 0. The normalized spacial score (nSPS) is 21.9.